The van der Waals surface area contributed by atoms with Crippen molar-refractivity contribution in [2.45, 2.75) is 32.3 Å². The van der Waals surface area contributed by atoms with Gasteiger partial charge in [0.1, 0.15) is 12.4 Å². The highest BCUT2D eigenvalue weighted by Crippen LogP contribution is 2.18. The Hall–Kier alpha value is -4.89. The van der Waals surface area contributed by atoms with Crippen LogP contribution in [-0.2, 0) is 22.6 Å². The number of pyridine rings is 2. The first-order valence-electron chi connectivity index (χ1n) is 11.3. The minimum atomic E-state index is -5.08. The molecule has 16 heteroatoms. The first-order valence-corrected chi connectivity index (χ1v) is 11.3. The van der Waals surface area contributed by atoms with Gasteiger partial charge in [-0.05, 0) is 55.3 Å². The van der Waals surface area contributed by atoms with Crippen LogP contribution in [0.15, 0.2) is 65.7 Å². The number of aliphatic carboxylic acids is 2. The lowest BCUT2D eigenvalue weighted by Gasteiger charge is -2.08. The third kappa shape index (κ3) is 14.2. The molecule has 0 radical (unpaired) electrons. The van der Waals surface area contributed by atoms with Crippen LogP contribution in [0.5, 0.6) is 5.75 Å². The van der Waals surface area contributed by atoms with Crippen molar-refractivity contribution in [3.63, 3.8) is 0 Å². The molecule has 6 N–H and O–H groups in total. The molecule has 3 aromatic rings. The Balaban J connectivity index is 0.000000497. The fourth-order valence-corrected chi connectivity index (χ4v) is 2.61. The topological polar surface area (TPSA) is 174 Å². The maximum Gasteiger partial charge on any atom is 0.490 e. The van der Waals surface area contributed by atoms with E-state index in [0.717, 1.165) is 40.5 Å². The molecule has 10 nitrogen and oxygen atoms in total. The number of halogens is 6. The van der Waals surface area contributed by atoms with E-state index in [4.69, 9.17) is 36.0 Å². The number of alkyl halides is 6. The van der Waals surface area contributed by atoms with E-state index < -0.39 is 24.3 Å². The third-order valence-electron chi connectivity index (χ3n) is 4.45. The van der Waals surface area contributed by atoms with Gasteiger partial charge in [0.15, 0.2) is 5.96 Å². The van der Waals surface area contributed by atoms with Crippen molar-refractivity contribution in [2.24, 2.45) is 16.5 Å². The van der Waals surface area contributed by atoms with Crippen LogP contribution in [0.1, 0.15) is 17.0 Å². The quantitative estimate of drug-likeness (QED) is 0.180. The number of carboxylic acid groups (broad SMARTS) is 2. The fraction of sp³-hybridized carbons (Fsp3) is 0.240. The number of hydrogen-bond acceptors (Lipinski definition) is 6. The van der Waals surface area contributed by atoms with Gasteiger partial charge >= 0.3 is 24.3 Å². The molecule has 41 heavy (non-hydrogen) atoms. The van der Waals surface area contributed by atoms with E-state index in [0.29, 0.717) is 13.2 Å². The molecule has 0 saturated carbocycles. The van der Waals surface area contributed by atoms with Crippen LogP contribution in [0, 0.1) is 6.92 Å². The molecule has 222 valence electrons. The lowest BCUT2D eigenvalue weighted by atomic mass is 10.1. The summed E-state index contributed by atoms with van der Waals surface area (Å²) in [4.78, 5) is 30.9. The smallest absolute Gasteiger partial charge is 0.487 e. The van der Waals surface area contributed by atoms with Crippen molar-refractivity contribution >= 4 is 17.9 Å². The number of carboxylic acids is 2. The Morgan fingerprint density at radius 1 is 0.829 bits per heavy atom. The molecule has 2 heterocycles. The number of aliphatic imine (C=N–C) groups is 1. The highest BCUT2D eigenvalue weighted by atomic mass is 19.4. The van der Waals surface area contributed by atoms with Crippen molar-refractivity contribution in [2.75, 3.05) is 6.54 Å². The Morgan fingerprint density at radius 3 is 1.78 bits per heavy atom. The molecule has 0 amide bonds. The van der Waals surface area contributed by atoms with Gasteiger partial charge in [0.25, 0.3) is 0 Å². The number of guanidine groups is 1. The van der Waals surface area contributed by atoms with Crippen LogP contribution in [0.25, 0.3) is 11.4 Å². The average Bonchev–Trinajstić information content (AvgIpc) is 2.88. The molecular formula is C25H25F6N5O5. The Kier molecular flexibility index (Phi) is 13.0. The van der Waals surface area contributed by atoms with E-state index in [1.165, 1.54) is 0 Å². The van der Waals surface area contributed by atoms with E-state index >= 15 is 0 Å². The first kappa shape index (κ1) is 34.1. The molecule has 0 saturated heterocycles. The molecule has 1 aromatic carbocycles. The zero-order valence-electron chi connectivity index (χ0n) is 21.3. The number of aryl methyl sites for hydroxylation is 1. The summed E-state index contributed by atoms with van der Waals surface area (Å²) >= 11 is 0. The number of aromatic nitrogens is 2. The van der Waals surface area contributed by atoms with E-state index in [-0.39, 0.29) is 5.96 Å². The lowest BCUT2D eigenvalue weighted by molar-refractivity contribution is -0.193. The van der Waals surface area contributed by atoms with Gasteiger partial charge < -0.3 is 26.4 Å². The summed E-state index contributed by atoms with van der Waals surface area (Å²) in [5.41, 5.74) is 15.3. The van der Waals surface area contributed by atoms with E-state index in [1.54, 1.807) is 0 Å². The van der Waals surface area contributed by atoms with Crippen LogP contribution in [-0.4, -0.2) is 57.0 Å². The summed E-state index contributed by atoms with van der Waals surface area (Å²) in [5.74, 6) is -4.60. The van der Waals surface area contributed by atoms with Crippen LogP contribution in [0.3, 0.4) is 0 Å². The second-order valence-corrected chi connectivity index (χ2v) is 7.77. The third-order valence-corrected chi connectivity index (χ3v) is 4.45. The van der Waals surface area contributed by atoms with Crippen LogP contribution >= 0.6 is 0 Å². The lowest BCUT2D eigenvalue weighted by Crippen LogP contribution is -2.23. The predicted molar refractivity (Wildman–Crippen MR) is 135 cm³/mol. The summed E-state index contributed by atoms with van der Waals surface area (Å²) in [6.07, 6.45) is -9.38. The highest BCUT2D eigenvalue weighted by molar-refractivity contribution is 5.75. The van der Waals surface area contributed by atoms with Crippen molar-refractivity contribution < 1.29 is 50.9 Å². The largest absolute Gasteiger partial charge is 0.490 e. The molecule has 0 spiro atoms. The highest BCUT2D eigenvalue weighted by Gasteiger charge is 2.38. The normalized spacial score (nSPS) is 10.7. The summed E-state index contributed by atoms with van der Waals surface area (Å²) < 4.78 is 69.3. The monoisotopic (exact) mass is 589 g/mol. The Labute approximate surface area is 229 Å². The van der Waals surface area contributed by atoms with Crippen LogP contribution in [0.2, 0.25) is 0 Å². The molecular weight excluding hydrogens is 564 g/mol. The van der Waals surface area contributed by atoms with Gasteiger partial charge in [-0.25, -0.2) is 14.6 Å². The standard InChI is InChI=1S/C21H23N5O.2C2HF3O2/c1-15-4-2-6-19(25-15)20-7-3-5-17(26-20)14-27-18-10-8-16(9-11-18)12-13-24-21(22)23;2*3-2(4,5)1(6)7/h2-11H,12-14H2,1H3,(H4,22,23,24);2*(H,6,7). The number of nitrogens with zero attached hydrogens (tertiary/aromatic N) is 3. The Bertz CT molecular complexity index is 1290. The molecule has 0 atom stereocenters. The number of rotatable bonds is 7. The summed E-state index contributed by atoms with van der Waals surface area (Å²) in [7, 11) is 0. The molecule has 0 unspecified atom stereocenters. The van der Waals surface area contributed by atoms with Gasteiger partial charge in [-0.15, -0.1) is 0 Å². The minimum Gasteiger partial charge on any atom is -0.487 e. The number of nitrogens with two attached hydrogens (primary N) is 2. The van der Waals surface area contributed by atoms with Crippen molar-refractivity contribution in [3.05, 3.63) is 77.6 Å². The average molecular weight is 589 g/mol. The van der Waals surface area contributed by atoms with Crippen molar-refractivity contribution in [1.29, 1.82) is 0 Å². The van der Waals surface area contributed by atoms with E-state index in [2.05, 4.69) is 15.0 Å². The molecule has 0 aliphatic carbocycles. The van der Waals surface area contributed by atoms with Gasteiger partial charge in [0.2, 0.25) is 0 Å². The van der Waals surface area contributed by atoms with Crippen molar-refractivity contribution in [3.8, 4) is 17.1 Å². The predicted octanol–water partition coefficient (Wildman–Crippen LogP) is 4.11. The molecule has 0 bridgehead atoms. The summed E-state index contributed by atoms with van der Waals surface area (Å²) in [6, 6.07) is 19.7. The van der Waals surface area contributed by atoms with Gasteiger partial charge in [-0.3, -0.25) is 9.98 Å². The summed E-state index contributed by atoms with van der Waals surface area (Å²) in [5, 5.41) is 14.2. The first-order chi connectivity index (χ1) is 19.0. The van der Waals surface area contributed by atoms with E-state index in [1.807, 2.05) is 67.6 Å². The maximum absolute atomic E-state index is 10.6. The van der Waals surface area contributed by atoms with Gasteiger partial charge in [-0.2, -0.15) is 26.3 Å². The molecule has 0 fully saturated rings. The van der Waals surface area contributed by atoms with Crippen LogP contribution < -0.4 is 16.2 Å². The second-order valence-electron chi connectivity index (χ2n) is 7.77. The number of ether oxygens (including phenoxy) is 1. The molecule has 0 aliphatic rings. The Morgan fingerprint density at radius 2 is 1.32 bits per heavy atom. The zero-order valence-corrected chi connectivity index (χ0v) is 21.3. The van der Waals surface area contributed by atoms with Crippen LogP contribution in [0.4, 0.5) is 26.3 Å². The SMILES string of the molecule is Cc1cccc(-c2cccc(COc3ccc(CCN=C(N)N)cc3)n2)n1.O=C(O)C(F)(F)F.O=C(O)C(F)(F)F. The van der Waals surface area contributed by atoms with Gasteiger partial charge in [-0.1, -0.05) is 24.3 Å². The second kappa shape index (κ2) is 15.6. The number of benzene rings is 1. The number of hydrogen-bond donors (Lipinski definition) is 4. The van der Waals surface area contributed by atoms with Gasteiger partial charge in [0.05, 0.1) is 17.1 Å². The molecule has 3 rings (SSSR count). The van der Waals surface area contributed by atoms with E-state index in [9.17, 15) is 26.3 Å². The zero-order chi connectivity index (χ0) is 31.2. The molecule has 2 aromatic heterocycles. The fourth-order valence-electron chi connectivity index (χ4n) is 2.61. The maximum atomic E-state index is 10.6. The van der Waals surface area contributed by atoms with Gasteiger partial charge in [0, 0.05) is 12.2 Å². The molecule has 0 aliphatic heterocycles. The number of carbonyl (C=O) groups is 2. The minimum absolute atomic E-state index is 0.116. The summed E-state index contributed by atoms with van der Waals surface area (Å²) in [6.45, 7) is 2.94. The van der Waals surface area contributed by atoms with Crippen molar-refractivity contribution in [1.82, 2.24) is 9.97 Å².